The summed E-state index contributed by atoms with van der Waals surface area (Å²) < 4.78 is 2.65. The second-order valence-corrected chi connectivity index (χ2v) is 5.55. The highest BCUT2D eigenvalue weighted by Crippen LogP contribution is 2.11. The first-order valence-electron chi connectivity index (χ1n) is 7.20. The fourth-order valence-corrected chi connectivity index (χ4v) is 2.28. The number of nitrogens with one attached hydrogen (secondary N) is 1. The first-order valence-corrected chi connectivity index (χ1v) is 7.58. The predicted molar refractivity (Wildman–Crippen MR) is 88.4 cm³/mol. The van der Waals surface area contributed by atoms with Crippen LogP contribution >= 0.6 is 11.6 Å². The Morgan fingerprint density at radius 1 is 1.20 bits per heavy atom. The zero-order chi connectivity index (χ0) is 17.8. The average molecular weight is 361 g/mol. The second-order valence-electron chi connectivity index (χ2n) is 5.11. The molecule has 0 aliphatic carbocycles. The Bertz CT molecular complexity index is 902. The molecular weight excluding hydrogens is 348 g/mol. The fraction of sp³-hybridized carbons (Fsp3) is 0.133. The number of carboxylic acids is 1. The van der Waals surface area contributed by atoms with Crippen LogP contribution in [0.1, 0.15) is 16.1 Å². The van der Waals surface area contributed by atoms with Crippen LogP contribution in [0.3, 0.4) is 0 Å². The Balaban J connectivity index is 1.67. The first-order chi connectivity index (χ1) is 12.0. The Morgan fingerprint density at radius 3 is 2.68 bits per heavy atom. The van der Waals surface area contributed by atoms with Crippen LogP contribution in [0.2, 0.25) is 5.02 Å². The highest BCUT2D eigenvalue weighted by Gasteiger charge is 2.15. The molecule has 3 rings (SSSR count). The van der Waals surface area contributed by atoms with Gasteiger partial charge in [-0.05, 0) is 23.8 Å². The number of rotatable bonds is 6. The minimum absolute atomic E-state index is 0.108. The predicted octanol–water partition coefficient (Wildman–Crippen LogP) is 1.51. The number of carbonyl (C=O) groups is 2. The van der Waals surface area contributed by atoms with Gasteiger partial charge in [-0.15, -0.1) is 5.10 Å². The van der Waals surface area contributed by atoms with Gasteiger partial charge in [0.1, 0.15) is 18.6 Å². The number of benzene rings is 1. The lowest BCUT2D eigenvalue weighted by molar-refractivity contribution is -0.137. The number of aromatic nitrogens is 5. The Hall–Kier alpha value is -3.20. The van der Waals surface area contributed by atoms with Gasteiger partial charge in [0.2, 0.25) is 5.95 Å². The zero-order valence-corrected chi connectivity index (χ0v) is 13.6. The van der Waals surface area contributed by atoms with E-state index in [1.165, 1.54) is 18.6 Å². The first kappa shape index (κ1) is 16.7. The molecule has 0 saturated heterocycles. The quantitative estimate of drug-likeness (QED) is 0.688. The van der Waals surface area contributed by atoms with Crippen molar-refractivity contribution >= 4 is 29.4 Å². The van der Waals surface area contributed by atoms with Crippen LogP contribution in [-0.2, 0) is 17.9 Å². The average Bonchev–Trinajstić information content (AvgIpc) is 3.18. The molecule has 9 nitrogen and oxygen atoms in total. The number of carbonyl (C=O) groups excluding carboxylic acids is 1. The van der Waals surface area contributed by atoms with Gasteiger partial charge in [-0.1, -0.05) is 23.7 Å². The van der Waals surface area contributed by atoms with Gasteiger partial charge in [0, 0.05) is 11.2 Å². The van der Waals surface area contributed by atoms with Crippen molar-refractivity contribution in [2.75, 3.05) is 5.32 Å². The fourth-order valence-electron chi connectivity index (χ4n) is 2.15. The second kappa shape index (κ2) is 7.14. The summed E-state index contributed by atoms with van der Waals surface area (Å²) in [6.07, 6.45) is 2.84. The van der Waals surface area contributed by atoms with E-state index in [4.69, 9.17) is 16.7 Å². The van der Waals surface area contributed by atoms with E-state index in [0.29, 0.717) is 11.6 Å². The van der Waals surface area contributed by atoms with Crippen molar-refractivity contribution in [2.24, 2.45) is 0 Å². The van der Waals surface area contributed by atoms with Crippen molar-refractivity contribution in [3.63, 3.8) is 0 Å². The third-order valence-corrected chi connectivity index (χ3v) is 3.51. The zero-order valence-electron chi connectivity index (χ0n) is 12.8. The number of hydrogen-bond acceptors (Lipinski definition) is 5. The smallest absolute Gasteiger partial charge is 0.325 e. The number of halogens is 1. The van der Waals surface area contributed by atoms with Crippen LogP contribution in [-0.4, -0.2) is 41.5 Å². The molecule has 2 aromatic heterocycles. The standard InChI is InChI=1S/C15H13ClN6O3/c16-11-3-1-10(2-4-11)7-21-9-17-15(20-21)19-14(25)12-5-6-18-22(12)8-13(23)24/h1-6,9H,7-8H2,(H,23,24)(H,19,20,25). The lowest BCUT2D eigenvalue weighted by Crippen LogP contribution is -2.21. The monoisotopic (exact) mass is 360 g/mol. The minimum atomic E-state index is -1.09. The minimum Gasteiger partial charge on any atom is -0.480 e. The van der Waals surface area contributed by atoms with Crippen LogP contribution in [0, 0.1) is 0 Å². The van der Waals surface area contributed by atoms with E-state index in [1.807, 2.05) is 12.1 Å². The van der Waals surface area contributed by atoms with E-state index < -0.39 is 18.4 Å². The lowest BCUT2D eigenvalue weighted by atomic mass is 10.2. The van der Waals surface area contributed by atoms with Crippen molar-refractivity contribution in [1.82, 2.24) is 24.5 Å². The van der Waals surface area contributed by atoms with E-state index in [-0.39, 0.29) is 11.6 Å². The van der Waals surface area contributed by atoms with E-state index in [1.54, 1.807) is 16.8 Å². The van der Waals surface area contributed by atoms with E-state index >= 15 is 0 Å². The molecule has 0 spiro atoms. The number of carboxylic acid groups (broad SMARTS) is 1. The summed E-state index contributed by atoms with van der Waals surface area (Å²) in [4.78, 5) is 27.0. The molecule has 0 fully saturated rings. The largest absolute Gasteiger partial charge is 0.480 e. The summed E-state index contributed by atoms with van der Waals surface area (Å²) in [6, 6.07) is 8.71. The molecule has 3 aromatic rings. The molecule has 0 atom stereocenters. The normalized spacial score (nSPS) is 10.6. The molecule has 2 heterocycles. The number of anilines is 1. The summed E-state index contributed by atoms with van der Waals surface area (Å²) >= 11 is 5.84. The lowest BCUT2D eigenvalue weighted by Gasteiger charge is -2.04. The highest BCUT2D eigenvalue weighted by atomic mass is 35.5. The summed E-state index contributed by atoms with van der Waals surface area (Å²) in [5.41, 5.74) is 1.09. The number of amides is 1. The van der Waals surface area contributed by atoms with Crippen LogP contribution < -0.4 is 5.32 Å². The third kappa shape index (κ3) is 4.21. The van der Waals surface area contributed by atoms with Gasteiger partial charge >= 0.3 is 5.97 Å². The summed E-state index contributed by atoms with van der Waals surface area (Å²) in [5, 5.41) is 19.9. The van der Waals surface area contributed by atoms with Crippen molar-refractivity contribution in [1.29, 1.82) is 0 Å². The van der Waals surface area contributed by atoms with Gasteiger partial charge in [0.05, 0.1) is 6.54 Å². The molecule has 0 aliphatic rings. The van der Waals surface area contributed by atoms with Gasteiger partial charge in [0.15, 0.2) is 0 Å². The maximum atomic E-state index is 12.2. The molecule has 0 bridgehead atoms. The van der Waals surface area contributed by atoms with Crippen LogP contribution in [0.25, 0.3) is 0 Å². The molecule has 1 amide bonds. The maximum Gasteiger partial charge on any atom is 0.325 e. The Morgan fingerprint density at radius 2 is 1.96 bits per heavy atom. The topological polar surface area (TPSA) is 115 Å². The molecule has 0 saturated carbocycles. The van der Waals surface area contributed by atoms with Crippen molar-refractivity contribution in [3.05, 3.63) is 59.1 Å². The molecule has 0 unspecified atom stereocenters. The molecule has 128 valence electrons. The van der Waals surface area contributed by atoms with Crippen molar-refractivity contribution < 1.29 is 14.7 Å². The van der Waals surface area contributed by atoms with E-state index in [2.05, 4.69) is 20.5 Å². The van der Waals surface area contributed by atoms with Gasteiger partial charge in [-0.3, -0.25) is 14.9 Å². The summed E-state index contributed by atoms with van der Waals surface area (Å²) in [6.45, 7) is 0.0607. The van der Waals surface area contributed by atoms with Gasteiger partial charge in [-0.25, -0.2) is 14.3 Å². The highest BCUT2D eigenvalue weighted by molar-refractivity contribution is 6.30. The van der Waals surface area contributed by atoms with Gasteiger partial charge < -0.3 is 5.11 Å². The van der Waals surface area contributed by atoms with Gasteiger partial charge in [0.25, 0.3) is 5.91 Å². The van der Waals surface area contributed by atoms with Crippen LogP contribution in [0.4, 0.5) is 5.95 Å². The molecule has 0 aliphatic heterocycles. The molecule has 10 heteroatoms. The number of hydrogen-bond donors (Lipinski definition) is 2. The Labute approximate surface area is 146 Å². The van der Waals surface area contributed by atoms with E-state index in [9.17, 15) is 9.59 Å². The Kier molecular flexibility index (Phi) is 4.75. The number of aliphatic carboxylic acids is 1. The SMILES string of the molecule is O=C(O)Cn1nccc1C(=O)Nc1ncn(Cc2ccc(Cl)cc2)n1. The molecule has 2 N–H and O–H groups in total. The molecule has 25 heavy (non-hydrogen) atoms. The summed E-state index contributed by atoms with van der Waals surface area (Å²) in [5.74, 6) is -1.52. The van der Waals surface area contributed by atoms with Crippen molar-refractivity contribution in [2.45, 2.75) is 13.1 Å². The van der Waals surface area contributed by atoms with Crippen molar-refractivity contribution in [3.8, 4) is 0 Å². The molecule has 1 aromatic carbocycles. The number of nitrogens with zero attached hydrogens (tertiary/aromatic N) is 5. The summed E-state index contributed by atoms with van der Waals surface area (Å²) in [7, 11) is 0. The maximum absolute atomic E-state index is 12.2. The molecule has 0 radical (unpaired) electrons. The molecular formula is C15H13ClN6O3. The van der Waals surface area contributed by atoms with E-state index in [0.717, 1.165) is 10.2 Å². The van der Waals surface area contributed by atoms with Crippen LogP contribution in [0.5, 0.6) is 0 Å². The third-order valence-electron chi connectivity index (χ3n) is 3.25. The van der Waals surface area contributed by atoms with Crippen LogP contribution in [0.15, 0.2) is 42.9 Å². The van der Waals surface area contributed by atoms with Gasteiger partial charge in [-0.2, -0.15) is 5.10 Å².